The van der Waals surface area contributed by atoms with E-state index in [1.807, 2.05) is 19.1 Å². The van der Waals surface area contributed by atoms with Crippen LogP contribution < -0.4 is 0 Å². The van der Waals surface area contributed by atoms with Gasteiger partial charge in [-0.25, -0.2) is 9.78 Å². The van der Waals surface area contributed by atoms with Crippen LogP contribution in [0, 0.1) is 6.92 Å². The van der Waals surface area contributed by atoms with Crippen LogP contribution in [0.2, 0.25) is 0 Å². The summed E-state index contributed by atoms with van der Waals surface area (Å²) in [4.78, 5) is 17.0. The Hall–Kier alpha value is -2.47. The molecule has 0 amide bonds. The number of aromatic nitrogens is 2. The Morgan fingerprint density at radius 2 is 2.19 bits per heavy atom. The molecule has 106 valence electrons. The second-order valence-electron chi connectivity index (χ2n) is 4.40. The van der Waals surface area contributed by atoms with E-state index in [1.165, 1.54) is 18.4 Å². The topological polar surface area (TPSA) is 65.2 Å². The monoisotopic (exact) mass is 300 g/mol. The summed E-state index contributed by atoms with van der Waals surface area (Å²) in [6.07, 6.45) is 3.46. The number of aryl methyl sites for hydroxylation is 1. The second kappa shape index (κ2) is 5.49. The summed E-state index contributed by atoms with van der Waals surface area (Å²) < 4.78 is 9.80. The van der Waals surface area contributed by atoms with Crippen LogP contribution >= 0.6 is 11.3 Å². The molecule has 2 aromatic heterocycles. The fraction of sp³-hybridized carbons (Fsp3) is 0.133. The van der Waals surface area contributed by atoms with Gasteiger partial charge in [0.2, 0.25) is 0 Å². The molecular formula is C15H12N2O3S. The smallest absolute Gasteiger partial charge is 0.337 e. The normalized spacial score (nSPS) is 10.6. The molecule has 0 atom stereocenters. The first-order chi connectivity index (χ1) is 10.2. The fourth-order valence-electron chi connectivity index (χ4n) is 1.96. The zero-order chi connectivity index (χ0) is 14.8. The Morgan fingerprint density at radius 1 is 1.33 bits per heavy atom. The third-order valence-electron chi connectivity index (χ3n) is 3.05. The molecule has 0 N–H and O–H groups in total. The van der Waals surface area contributed by atoms with E-state index in [0.717, 1.165) is 26.8 Å². The van der Waals surface area contributed by atoms with Gasteiger partial charge in [0, 0.05) is 11.8 Å². The fourth-order valence-corrected chi connectivity index (χ4v) is 2.93. The van der Waals surface area contributed by atoms with Crippen molar-refractivity contribution in [2.24, 2.45) is 0 Å². The second-order valence-corrected chi connectivity index (χ2v) is 5.43. The van der Waals surface area contributed by atoms with Crippen molar-refractivity contribution in [3.63, 3.8) is 0 Å². The molecule has 0 unspecified atom stereocenters. The summed E-state index contributed by atoms with van der Waals surface area (Å²) in [5, 5.41) is 4.60. The maximum absolute atomic E-state index is 11.6. The van der Waals surface area contributed by atoms with Crippen molar-refractivity contribution < 1.29 is 14.1 Å². The standard InChI is InChI=1S/C15H12N2O3S/c1-9-12(7-17-20-9)13-8-16-14(21-13)10-4-3-5-11(6-10)15(18)19-2/h3-8H,1-2H3. The number of thiazole rings is 1. The van der Waals surface area contributed by atoms with Crippen molar-refractivity contribution in [3.05, 3.63) is 48.0 Å². The number of carbonyl (C=O) groups excluding carboxylic acids is 1. The molecule has 5 nitrogen and oxygen atoms in total. The molecule has 1 aromatic carbocycles. The van der Waals surface area contributed by atoms with Crippen molar-refractivity contribution in [1.29, 1.82) is 0 Å². The van der Waals surface area contributed by atoms with Crippen LogP contribution in [-0.4, -0.2) is 23.2 Å². The Bertz CT molecular complexity index is 792. The number of esters is 1. The van der Waals surface area contributed by atoms with Crippen molar-refractivity contribution >= 4 is 17.3 Å². The lowest BCUT2D eigenvalue weighted by Gasteiger charge is -2.01. The SMILES string of the molecule is COC(=O)c1cccc(-c2ncc(-c3cnoc3C)s2)c1. The minimum absolute atomic E-state index is 0.358. The van der Waals surface area contributed by atoms with Gasteiger partial charge in [-0.1, -0.05) is 17.3 Å². The Balaban J connectivity index is 1.97. The van der Waals surface area contributed by atoms with Crippen molar-refractivity contribution in [1.82, 2.24) is 10.1 Å². The highest BCUT2D eigenvalue weighted by Crippen LogP contribution is 2.33. The van der Waals surface area contributed by atoms with Gasteiger partial charge in [0.1, 0.15) is 10.8 Å². The summed E-state index contributed by atoms with van der Waals surface area (Å²) in [7, 11) is 1.37. The zero-order valence-corrected chi connectivity index (χ0v) is 12.3. The van der Waals surface area contributed by atoms with E-state index in [2.05, 4.69) is 10.1 Å². The number of benzene rings is 1. The number of nitrogens with zero attached hydrogens (tertiary/aromatic N) is 2. The van der Waals surface area contributed by atoms with Crippen LogP contribution in [0.1, 0.15) is 16.1 Å². The van der Waals surface area contributed by atoms with E-state index in [-0.39, 0.29) is 5.97 Å². The summed E-state index contributed by atoms with van der Waals surface area (Å²) in [5.41, 5.74) is 2.32. The quantitative estimate of drug-likeness (QED) is 0.692. The number of hydrogen-bond acceptors (Lipinski definition) is 6. The van der Waals surface area contributed by atoms with Gasteiger partial charge < -0.3 is 9.26 Å². The first-order valence-electron chi connectivity index (χ1n) is 6.25. The molecule has 0 aliphatic heterocycles. The average molecular weight is 300 g/mol. The first kappa shape index (κ1) is 13.5. The molecule has 3 rings (SSSR count). The molecule has 3 aromatic rings. The third kappa shape index (κ3) is 2.57. The summed E-state index contributed by atoms with van der Waals surface area (Å²) in [6.45, 7) is 1.86. The minimum atomic E-state index is -0.358. The van der Waals surface area contributed by atoms with E-state index in [1.54, 1.807) is 24.5 Å². The molecule has 0 bridgehead atoms. The van der Waals surface area contributed by atoms with E-state index < -0.39 is 0 Å². The highest BCUT2D eigenvalue weighted by atomic mass is 32.1. The van der Waals surface area contributed by atoms with E-state index >= 15 is 0 Å². The molecule has 0 spiro atoms. The van der Waals surface area contributed by atoms with Crippen LogP contribution in [0.5, 0.6) is 0 Å². The number of rotatable bonds is 3. The highest BCUT2D eigenvalue weighted by molar-refractivity contribution is 7.18. The van der Waals surface area contributed by atoms with Gasteiger partial charge >= 0.3 is 5.97 Å². The zero-order valence-electron chi connectivity index (χ0n) is 11.5. The van der Waals surface area contributed by atoms with Crippen LogP contribution in [0.15, 0.2) is 41.2 Å². The maximum atomic E-state index is 11.6. The van der Waals surface area contributed by atoms with Gasteiger partial charge in [-0.15, -0.1) is 11.3 Å². The van der Waals surface area contributed by atoms with E-state index in [9.17, 15) is 4.79 Å². The molecule has 0 radical (unpaired) electrons. The summed E-state index contributed by atoms with van der Waals surface area (Å²) >= 11 is 1.52. The molecule has 21 heavy (non-hydrogen) atoms. The lowest BCUT2D eigenvalue weighted by Crippen LogP contribution is -2.00. The highest BCUT2D eigenvalue weighted by Gasteiger charge is 2.13. The first-order valence-corrected chi connectivity index (χ1v) is 7.07. The molecule has 0 aliphatic carbocycles. The molecule has 6 heteroatoms. The molecular weight excluding hydrogens is 288 g/mol. The maximum Gasteiger partial charge on any atom is 0.337 e. The van der Waals surface area contributed by atoms with Crippen molar-refractivity contribution in [2.45, 2.75) is 6.92 Å². The number of carbonyl (C=O) groups is 1. The van der Waals surface area contributed by atoms with Gasteiger partial charge in [0.25, 0.3) is 0 Å². The van der Waals surface area contributed by atoms with Crippen LogP contribution in [0.25, 0.3) is 21.0 Å². The third-order valence-corrected chi connectivity index (χ3v) is 4.13. The van der Waals surface area contributed by atoms with Crippen LogP contribution in [-0.2, 0) is 4.74 Å². The van der Waals surface area contributed by atoms with Crippen LogP contribution in [0.3, 0.4) is 0 Å². The minimum Gasteiger partial charge on any atom is -0.465 e. The molecule has 2 heterocycles. The molecule has 0 saturated carbocycles. The molecule has 0 saturated heterocycles. The van der Waals surface area contributed by atoms with Crippen molar-refractivity contribution in [3.8, 4) is 21.0 Å². The average Bonchev–Trinajstić information content (AvgIpc) is 3.15. The Morgan fingerprint density at radius 3 is 2.90 bits per heavy atom. The van der Waals surface area contributed by atoms with Gasteiger partial charge in [-0.05, 0) is 19.1 Å². The van der Waals surface area contributed by atoms with Gasteiger partial charge in [-0.3, -0.25) is 0 Å². The lowest BCUT2D eigenvalue weighted by molar-refractivity contribution is 0.0601. The van der Waals surface area contributed by atoms with E-state index in [0.29, 0.717) is 5.56 Å². The molecule has 0 fully saturated rings. The van der Waals surface area contributed by atoms with Gasteiger partial charge in [-0.2, -0.15) is 0 Å². The van der Waals surface area contributed by atoms with E-state index in [4.69, 9.17) is 9.26 Å². The Labute approximate surface area is 125 Å². The molecule has 0 aliphatic rings. The number of hydrogen-bond donors (Lipinski definition) is 0. The van der Waals surface area contributed by atoms with Crippen LogP contribution in [0.4, 0.5) is 0 Å². The Kier molecular flexibility index (Phi) is 3.53. The largest absolute Gasteiger partial charge is 0.465 e. The summed E-state index contributed by atoms with van der Waals surface area (Å²) in [6, 6.07) is 7.21. The lowest BCUT2D eigenvalue weighted by atomic mass is 10.1. The van der Waals surface area contributed by atoms with Gasteiger partial charge in [0.05, 0.1) is 29.3 Å². The number of methoxy groups -OCH3 is 1. The van der Waals surface area contributed by atoms with Gasteiger partial charge in [0.15, 0.2) is 0 Å². The summed E-state index contributed by atoms with van der Waals surface area (Å²) in [5.74, 6) is 0.400. The predicted molar refractivity (Wildman–Crippen MR) is 79.1 cm³/mol. The number of ether oxygens (including phenoxy) is 1. The predicted octanol–water partition coefficient (Wildman–Crippen LogP) is 3.56. The van der Waals surface area contributed by atoms with Crippen molar-refractivity contribution in [2.75, 3.05) is 7.11 Å².